The van der Waals surface area contributed by atoms with Crippen molar-refractivity contribution in [2.75, 3.05) is 26.7 Å². The van der Waals surface area contributed by atoms with Crippen LogP contribution in [0.5, 0.6) is 0 Å². The highest BCUT2D eigenvalue weighted by Gasteiger charge is 2.30. The van der Waals surface area contributed by atoms with Gasteiger partial charge in [0.25, 0.3) is 10.0 Å². The summed E-state index contributed by atoms with van der Waals surface area (Å²) >= 11 is 0.927. The predicted octanol–water partition coefficient (Wildman–Crippen LogP) is 0.473. The third-order valence-corrected chi connectivity index (χ3v) is 6.23. The topological polar surface area (TPSA) is 81.5 Å². The molecule has 102 valence electrons. The number of hydrogen-bond donors (Lipinski definition) is 0. The lowest BCUT2D eigenvalue weighted by atomic mass is 10.4. The zero-order valence-electron chi connectivity index (χ0n) is 10.4. The fraction of sp³-hybridized carbons (Fsp3) is 0.455. The van der Waals surface area contributed by atoms with Crippen LogP contribution in [0, 0.1) is 11.3 Å². The van der Waals surface area contributed by atoms with Gasteiger partial charge in [0.1, 0.15) is 15.2 Å². The van der Waals surface area contributed by atoms with Gasteiger partial charge >= 0.3 is 0 Å². The molecule has 0 radical (unpaired) electrons. The van der Waals surface area contributed by atoms with Gasteiger partial charge in [-0.05, 0) is 18.6 Å². The highest BCUT2D eigenvalue weighted by molar-refractivity contribution is 7.91. The minimum absolute atomic E-state index is 0.112. The third-order valence-electron chi connectivity index (χ3n) is 2.92. The number of carbonyl (C=O) groups is 1. The SMILES string of the molecule is CN1CCCN(S(=O)(=O)c2ccc(C#N)s2)CC1=O. The molecule has 0 aromatic carbocycles. The van der Waals surface area contributed by atoms with E-state index in [-0.39, 0.29) is 16.7 Å². The molecule has 6 nitrogen and oxygen atoms in total. The molecule has 2 rings (SSSR count). The van der Waals surface area contributed by atoms with Crippen LogP contribution >= 0.6 is 11.3 Å². The lowest BCUT2D eigenvalue weighted by molar-refractivity contribution is -0.129. The second-order valence-electron chi connectivity index (χ2n) is 4.24. The molecule has 1 aliphatic rings. The fourth-order valence-electron chi connectivity index (χ4n) is 1.81. The lowest BCUT2D eigenvalue weighted by Gasteiger charge is -2.18. The van der Waals surface area contributed by atoms with Gasteiger partial charge in [-0.1, -0.05) is 0 Å². The van der Waals surface area contributed by atoms with E-state index in [1.54, 1.807) is 7.05 Å². The molecule has 0 atom stereocenters. The summed E-state index contributed by atoms with van der Waals surface area (Å²) in [7, 11) is -2.01. The Labute approximate surface area is 115 Å². The molecule has 1 saturated heterocycles. The monoisotopic (exact) mass is 299 g/mol. The zero-order chi connectivity index (χ0) is 14.0. The number of likely N-dealkylation sites (N-methyl/N-ethyl adjacent to an activating group) is 1. The van der Waals surface area contributed by atoms with Crippen LogP contribution in [0.4, 0.5) is 0 Å². The molecule has 19 heavy (non-hydrogen) atoms. The Hall–Kier alpha value is -1.43. The first-order valence-corrected chi connectivity index (χ1v) is 7.95. The normalized spacial score (nSPS) is 18.1. The van der Waals surface area contributed by atoms with Crippen molar-refractivity contribution in [1.29, 1.82) is 5.26 Å². The van der Waals surface area contributed by atoms with E-state index in [4.69, 9.17) is 5.26 Å². The molecule has 0 N–H and O–H groups in total. The smallest absolute Gasteiger partial charge is 0.253 e. The van der Waals surface area contributed by atoms with Gasteiger partial charge in [-0.3, -0.25) is 4.79 Å². The van der Waals surface area contributed by atoms with E-state index in [1.165, 1.54) is 21.3 Å². The average Bonchev–Trinajstić information content (AvgIpc) is 2.79. The summed E-state index contributed by atoms with van der Waals surface area (Å²) in [4.78, 5) is 13.6. The maximum atomic E-state index is 12.4. The van der Waals surface area contributed by atoms with Crippen molar-refractivity contribution < 1.29 is 13.2 Å². The van der Waals surface area contributed by atoms with Crippen molar-refractivity contribution in [3.63, 3.8) is 0 Å². The summed E-state index contributed by atoms with van der Waals surface area (Å²) in [6, 6.07) is 4.80. The fourth-order valence-corrected chi connectivity index (χ4v) is 4.50. The number of sulfonamides is 1. The molecule has 1 aromatic heterocycles. The minimum atomic E-state index is -3.68. The Morgan fingerprint density at radius 2 is 2.11 bits per heavy atom. The maximum absolute atomic E-state index is 12.4. The van der Waals surface area contributed by atoms with E-state index in [9.17, 15) is 13.2 Å². The van der Waals surface area contributed by atoms with E-state index in [0.29, 0.717) is 24.4 Å². The number of thiophene rings is 1. The summed E-state index contributed by atoms with van der Waals surface area (Å²) in [6.45, 7) is 0.732. The van der Waals surface area contributed by atoms with Crippen LogP contribution in [0.15, 0.2) is 16.3 Å². The highest BCUT2D eigenvalue weighted by Crippen LogP contribution is 2.25. The molecular formula is C11H13N3O3S2. The molecule has 0 saturated carbocycles. The van der Waals surface area contributed by atoms with Gasteiger partial charge < -0.3 is 4.90 Å². The molecule has 0 unspecified atom stereocenters. The summed E-state index contributed by atoms with van der Waals surface area (Å²) < 4.78 is 26.1. The summed E-state index contributed by atoms with van der Waals surface area (Å²) in [5.74, 6) is -0.210. The van der Waals surface area contributed by atoms with Crippen LogP contribution in [0.2, 0.25) is 0 Å². The number of hydrogen-bond acceptors (Lipinski definition) is 5. The van der Waals surface area contributed by atoms with E-state index in [1.807, 2.05) is 6.07 Å². The molecule has 0 spiro atoms. The Bertz CT molecular complexity index is 630. The van der Waals surface area contributed by atoms with Crippen LogP contribution in [-0.4, -0.2) is 50.2 Å². The summed E-state index contributed by atoms with van der Waals surface area (Å²) in [6.07, 6.45) is 0.609. The molecular weight excluding hydrogens is 286 g/mol. The van der Waals surface area contributed by atoms with E-state index < -0.39 is 10.0 Å². The first kappa shape index (κ1) is 14.0. The number of amides is 1. The van der Waals surface area contributed by atoms with E-state index in [0.717, 1.165) is 11.3 Å². The summed E-state index contributed by atoms with van der Waals surface area (Å²) in [5.41, 5.74) is 0. The third kappa shape index (κ3) is 2.78. The predicted molar refractivity (Wildman–Crippen MR) is 70.0 cm³/mol. The van der Waals surface area contributed by atoms with Crippen molar-refractivity contribution in [1.82, 2.24) is 9.21 Å². The molecule has 1 aliphatic heterocycles. The number of carbonyl (C=O) groups excluding carboxylic acids is 1. The summed E-state index contributed by atoms with van der Waals surface area (Å²) in [5, 5.41) is 8.74. The van der Waals surface area contributed by atoms with E-state index >= 15 is 0 Å². The Kier molecular flexibility index (Phi) is 3.89. The van der Waals surface area contributed by atoms with Crippen molar-refractivity contribution in [3.8, 4) is 6.07 Å². The van der Waals surface area contributed by atoms with Crippen LogP contribution in [-0.2, 0) is 14.8 Å². The van der Waals surface area contributed by atoms with Crippen LogP contribution < -0.4 is 0 Å². The van der Waals surface area contributed by atoms with Gasteiger partial charge in [0.15, 0.2) is 0 Å². The van der Waals surface area contributed by atoms with Crippen molar-refractivity contribution in [2.24, 2.45) is 0 Å². The number of rotatable bonds is 2. The lowest BCUT2D eigenvalue weighted by Crippen LogP contribution is -2.37. The second kappa shape index (κ2) is 5.28. The average molecular weight is 299 g/mol. The quantitative estimate of drug-likeness (QED) is 0.795. The Morgan fingerprint density at radius 3 is 2.74 bits per heavy atom. The largest absolute Gasteiger partial charge is 0.345 e. The highest BCUT2D eigenvalue weighted by atomic mass is 32.2. The van der Waals surface area contributed by atoms with Crippen LogP contribution in [0.25, 0.3) is 0 Å². The Morgan fingerprint density at radius 1 is 1.37 bits per heavy atom. The maximum Gasteiger partial charge on any atom is 0.253 e. The molecule has 1 aromatic rings. The molecule has 8 heteroatoms. The number of nitriles is 1. The van der Waals surface area contributed by atoms with Crippen molar-refractivity contribution in [2.45, 2.75) is 10.6 Å². The minimum Gasteiger partial charge on any atom is -0.345 e. The van der Waals surface area contributed by atoms with Crippen molar-refractivity contribution in [3.05, 3.63) is 17.0 Å². The number of nitrogens with zero attached hydrogens (tertiary/aromatic N) is 3. The standard InChI is InChI=1S/C11H13N3O3S2/c1-13-5-2-6-14(8-10(13)15)19(16,17)11-4-3-9(7-12)18-11/h3-4H,2,5-6,8H2,1H3. The van der Waals surface area contributed by atoms with Crippen LogP contribution in [0.1, 0.15) is 11.3 Å². The van der Waals surface area contributed by atoms with Crippen molar-refractivity contribution >= 4 is 27.3 Å². The van der Waals surface area contributed by atoms with Gasteiger partial charge in [-0.25, -0.2) is 8.42 Å². The molecule has 1 amide bonds. The van der Waals surface area contributed by atoms with Gasteiger partial charge in [-0.2, -0.15) is 9.57 Å². The molecule has 1 fully saturated rings. The molecule has 0 bridgehead atoms. The van der Waals surface area contributed by atoms with E-state index in [2.05, 4.69) is 0 Å². The zero-order valence-corrected chi connectivity index (χ0v) is 12.0. The van der Waals surface area contributed by atoms with Gasteiger partial charge in [0, 0.05) is 20.1 Å². The van der Waals surface area contributed by atoms with Gasteiger partial charge in [0.05, 0.1) is 6.54 Å². The first-order chi connectivity index (χ1) is 8.95. The van der Waals surface area contributed by atoms with Gasteiger partial charge in [-0.15, -0.1) is 11.3 Å². The molecule has 2 heterocycles. The first-order valence-electron chi connectivity index (χ1n) is 5.69. The van der Waals surface area contributed by atoms with Crippen LogP contribution in [0.3, 0.4) is 0 Å². The van der Waals surface area contributed by atoms with Gasteiger partial charge in [0.2, 0.25) is 5.91 Å². The Balaban J connectivity index is 2.29. The second-order valence-corrected chi connectivity index (χ2v) is 7.49. The molecule has 0 aliphatic carbocycles.